The molecule has 19 heavy (non-hydrogen) atoms. The van der Waals surface area contributed by atoms with E-state index < -0.39 is 5.54 Å². The molecular weight excluding hydrogens is 240 g/mol. The highest BCUT2D eigenvalue weighted by atomic mass is 16.5. The summed E-state index contributed by atoms with van der Waals surface area (Å²) in [4.78, 5) is 11.3. The van der Waals surface area contributed by atoms with Crippen molar-refractivity contribution in [1.29, 1.82) is 0 Å². The summed E-state index contributed by atoms with van der Waals surface area (Å²) in [5.41, 5.74) is 6.98. The first-order chi connectivity index (χ1) is 8.90. The first-order valence-electron chi connectivity index (χ1n) is 6.58. The van der Waals surface area contributed by atoms with Gasteiger partial charge in [-0.1, -0.05) is 18.2 Å². The molecule has 106 valence electrons. The maximum Gasteiger partial charge on any atom is 0.237 e. The van der Waals surface area contributed by atoms with E-state index in [1.807, 2.05) is 39.0 Å². The number of rotatable bonds is 7. The highest BCUT2D eigenvalue weighted by Crippen LogP contribution is 2.23. The number of primary amides is 1. The van der Waals surface area contributed by atoms with Crippen LogP contribution in [0.1, 0.15) is 30.9 Å². The molecule has 0 aliphatic carbocycles. The summed E-state index contributed by atoms with van der Waals surface area (Å²) in [7, 11) is 1.75. The van der Waals surface area contributed by atoms with E-state index in [0.717, 1.165) is 23.3 Å². The minimum atomic E-state index is -0.663. The van der Waals surface area contributed by atoms with Crippen LogP contribution >= 0.6 is 0 Å². The van der Waals surface area contributed by atoms with E-state index in [1.165, 1.54) is 0 Å². The number of para-hydroxylation sites is 1. The van der Waals surface area contributed by atoms with Crippen LogP contribution in [0.3, 0.4) is 0 Å². The molecule has 0 spiro atoms. The first-order valence-corrected chi connectivity index (χ1v) is 6.58. The second-order valence-corrected chi connectivity index (χ2v) is 5.12. The lowest BCUT2D eigenvalue weighted by molar-refractivity contribution is -0.123. The number of carbonyl (C=O) groups excluding carboxylic acids is 1. The van der Waals surface area contributed by atoms with Crippen LogP contribution in [0.2, 0.25) is 0 Å². The van der Waals surface area contributed by atoms with Crippen molar-refractivity contribution in [1.82, 2.24) is 5.32 Å². The van der Waals surface area contributed by atoms with Crippen molar-refractivity contribution >= 4 is 5.91 Å². The number of hydrogen-bond donors (Lipinski definition) is 2. The summed E-state index contributed by atoms with van der Waals surface area (Å²) in [5.74, 6) is 0.606. The summed E-state index contributed by atoms with van der Waals surface area (Å²) in [6.45, 7) is 6.46. The summed E-state index contributed by atoms with van der Waals surface area (Å²) >= 11 is 0. The summed E-state index contributed by atoms with van der Waals surface area (Å²) in [5, 5.41) is 2.97. The number of aryl methyl sites for hydroxylation is 2. The van der Waals surface area contributed by atoms with Gasteiger partial charge in [-0.15, -0.1) is 0 Å². The molecule has 1 atom stereocenters. The number of nitrogens with two attached hydrogens (primary N) is 1. The molecule has 0 aromatic heterocycles. The zero-order valence-electron chi connectivity index (χ0n) is 12.2. The zero-order valence-corrected chi connectivity index (χ0v) is 12.2. The fourth-order valence-corrected chi connectivity index (χ4v) is 2.00. The van der Waals surface area contributed by atoms with Gasteiger partial charge in [-0.3, -0.25) is 4.79 Å². The number of hydrogen-bond acceptors (Lipinski definition) is 3. The summed E-state index contributed by atoms with van der Waals surface area (Å²) in [6, 6.07) is 6.08. The SMILES string of the molecule is CNC(C)(CCCOc1c(C)cccc1C)C(N)=O. The fraction of sp³-hybridized carbons (Fsp3) is 0.533. The van der Waals surface area contributed by atoms with Crippen molar-refractivity contribution < 1.29 is 9.53 Å². The van der Waals surface area contributed by atoms with Crippen molar-refractivity contribution in [2.45, 2.75) is 39.2 Å². The van der Waals surface area contributed by atoms with Crippen molar-refractivity contribution in [3.63, 3.8) is 0 Å². The second-order valence-electron chi connectivity index (χ2n) is 5.12. The molecule has 0 saturated carbocycles. The van der Waals surface area contributed by atoms with Gasteiger partial charge in [0.2, 0.25) is 5.91 Å². The van der Waals surface area contributed by atoms with E-state index in [-0.39, 0.29) is 5.91 Å². The lowest BCUT2D eigenvalue weighted by Gasteiger charge is -2.25. The van der Waals surface area contributed by atoms with Gasteiger partial charge in [-0.2, -0.15) is 0 Å². The molecule has 1 rings (SSSR count). The Morgan fingerprint density at radius 2 is 1.95 bits per heavy atom. The van der Waals surface area contributed by atoms with Gasteiger partial charge >= 0.3 is 0 Å². The van der Waals surface area contributed by atoms with Gasteiger partial charge in [-0.05, 0) is 51.8 Å². The molecule has 0 bridgehead atoms. The molecule has 4 nitrogen and oxygen atoms in total. The van der Waals surface area contributed by atoms with Crippen LogP contribution in [0.4, 0.5) is 0 Å². The normalized spacial score (nSPS) is 13.9. The maximum absolute atomic E-state index is 11.3. The first kappa shape index (κ1) is 15.5. The Labute approximate surface area is 115 Å². The molecule has 1 aromatic rings. The lowest BCUT2D eigenvalue weighted by atomic mass is 9.95. The largest absolute Gasteiger partial charge is 0.493 e. The fourth-order valence-electron chi connectivity index (χ4n) is 2.00. The average molecular weight is 264 g/mol. The quantitative estimate of drug-likeness (QED) is 0.740. The molecule has 4 heteroatoms. The predicted octanol–water partition coefficient (Wildman–Crippen LogP) is 1.93. The molecule has 3 N–H and O–H groups in total. The van der Waals surface area contributed by atoms with Crippen molar-refractivity contribution in [3.05, 3.63) is 29.3 Å². The number of benzene rings is 1. The third kappa shape index (κ3) is 3.96. The maximum atomic E-state index is 11.3. The molecule has 0 fully saturated rings. The molecular formula is C15H24N2O2. The molecule has 0 saturated heterocycles. The average Bonchev–Trinajstić information content (AvgIpc) is 2.36. The third-order valence-corrected chi connectivity index (χ3v) is 3.57. The third-order valence-electron chi connectivity index (χ3n) is 3.57. The smallest absolute Gasteiger partial charge is 0.237 e. The van der Waals surface area contributed by atoms with Crippen molar-refractivity contribution in [2.75, 3.05) is 13.7 Å². The lowest BCUT2D eigenvalue weighted by Crippen LogP contribution is -2.51. The molecule has 0 radical (unpaired) electrons. The van der Waals surface area contributed by atoms with E-state index in [1.54, 1.807) is 7.05 Å². The Balaban J connectivity index is 2.49. The van der Waals surface area contributed by atoms with E-state index in [4.69, 9.17) is 10.5 Å². The molecule has 0 heterocycles. The van der Waals surface area contributed by atoms with Crippen LogP contribution in [-0.2, 0) is 4.79 Å². The van der Waals surface area contributed by atoms with E-state index >= 15 is 0 Å². The van der Waals surface area contributed by atoms with Gasteiger partial charge in [0.05, 0.1) is 12.1 Å². The molecule has 0 aliphatic rings. The Hall–Kier alpha value is -1.55. The number of nitrogens with one attached hydrogen (secondary N) is 1. The van der Waals surface area contributed by atoms with Crippen LogP contribution < -0.4 is 15.8 Å². The van der Waals surface area contributed by atoms with E-state index in [2.05, 4.69) is 5.32 Å². The van der Waals surface area contributed by atoms with Gasteiger partial charge in [0, 0.05) is 0 Å². The Kier molecular flexibility index (Phi) is 5.36. The highest BCUT2D eigenvalue weighted by molar-refractivity contribution is 5.84. The number of carbonyl (C=O) groups is 1. The predicted molar refractivity (Wildman–Crippen MR) is 77.3 cm³/mol. The molecule has 1 unspecified atom stereocenters. The molecule has 1 amide bonds. The highest BCUT2D eigenvalue weighted by Gasteiger charge is 2.28. The topological polar surface area (TPSA) is 64.3 Å². The van der Waals surface area contributed by atoms with Crippen LogP contribution in [0.15, 0.2) is 18.2 Å². The monoisotopic (exact) mass is 264 g/mol. The Morgan fingerprint density at radius 3 is 2.42 bits per heavy atom. The van der Waals surface area contributed by atoms with Gasteiger partial charge in [0.15, 0.2) is 0 Å². The van der Waals surface area contributed by atoms with Crippen LogP contribution in [0, 0.1) is 13.8 Å². The van der Waals surface area contributed by atoms with Crippen LogP contribution in [0.25, 0.3) is 0 Å². The molecule has 1 aromatic carbocycles. The van der Waals surface area contributed by atoms with Gasteiger partial charge < -0.3 is 15.8 Å². The van der Waals surface area contributed by atoms with E-state index in [0.29, 0.717) is 13.0 Å². The van der Waals surface area contributed by atoms with Crippen molar-refractivity contribution in [2.24, 2.45) is 5.73 Å². The minimum Gasteiger partial charge on any atom is -0.493 e. The Morgan fingerprint density at radius 1 is 1.37 bits per heavy atom. The summed E-state index contributed by atoms with van der Waals surface area (Å²) < 4.78 is 5.81. The van der Waals surface area contributed by atoms with E-state index in [9.17, 15) is 4.79 Å². The number of ether oxygens (including phenoxy) is 1. The van der Waals surface area contributed by atoms with Crippen molar-refractivity contribution in [3.8, 4) is 5.75 Å². The second kappa shape index (κ2) is 6.57. The Bertz CT molecular complexity index is 426. The van der Waals surface area contributed by atoms with Crippen LogP contribution in [-0.4, -0.2) is 25.1 Å². The number of amides is 1. The summed E-state index contributed by atoms with van der Waals surface area (Å²) in [6.07, 6.45) is 1.43. The van der Waals surface area contributed by atoms with Gasteiger partial charge in [-0.25, -0.2) is 0 Å². The standard InChI is InChI=1S/C15H24N2O2/c1-11-7-5-8-12(2)13(11)19-10-6-9-15(3,17-4)14(16)18/h5,7-8,17H,6,9-10H2,1-4H3,(H2,16,18). The van der Waals surface area contributed by atoms with Crippen LogP contribution in [0.5, 0.6) is 5.75 Å². The van der Waals surface area contributed by atoms with Gasteiger partial charge in [0.25, 0.3) is 0 Å². The molecule has 0 aliphatic heterocycles. The van der Waals surface area contributed by atoms with Gasteiger partial charge in [0.1, 0.15) is 5.75 Å². The minimum absolute atomic E-state index is 0.331. The number of likely N-dealkylation sites (N-methyl/N-ethyl adjacent to an activating group) is 1. The zero-order chi connectivity index (χ0) is 14.5.